The number of rotatable bonds is 8. The van der Waals surface area contributed by atoms with Crippen molar-refractivity contribution >= 4 is 0 Å². The molecule has 3 heteroatoms. The second-order valence-electron chi connectivity index (χ2n) is 5.99. The first-order valence-corrected chi connectivity index (χ1v) is 8.39. The van der Waals surface area contributed by atoms with E-state index in [1.807, 2.05) is 18.5 Å². The van der Waals surface area contributed by atoms with E-state index in [2.05, 4.69) is 21.8 Å². The average molecular weight is 275 g/mol. The van der Waals surface area contributed by atoms with Crippen LogP contribution in [0.1, 0.15) is 70.0 Å². The third kappa shape index (κ3) is 5.20. The molecule has 0 unspecified atom stereocenters. The normalized spacial score (nSPS) is 17.4. The Morgan fingerprint density at radius 3 is 2.35 bits per heavy atom. The number of aromatic nitrogens is 2. The van der Waals surface area contributed by atoms with Crippen molar-refractivity contribution in [3.8, 4) is 0 Å². The topological polar surface area (TPSA) is 29.0 Å². The highest BCUT2D eigenvalue weighted by molar-refractivity contribution is 4.99. The number of hydrogen-bond acceptors (Lipinski definition) is 3. The zero-order chi connectivity index (χ0) is 14.0. The molecule has 1 aromatic rings. The molecule has 0 atom stereocenters. The minimum atomic E-state index is 0.581. The summed E-state index contributed by atoms with van der Waals surface area (Å²) in [4.78, 5) is 11.4. The Hall–Kier alpha value is -0.960. The van der Waals surface area contributed by atoms with Crippen molar-refractivity contribution in [3.05, 3.63) is 24.3 Å². The lowest BCUT2D eigenvalue weighted by Crippen LogP contribution is -2.34. The molecular weight excluding hydrogens is 246 g/mol. The van der Waals surface area contributed by atoms with E-state index in [1.165, 1.54) is 71.0 Å². The van der Waals surface area contributed by atoms with Gasteiger partial charge in [0.05, 0.1) is 0 Å². The molecule has 2 heterocycles. The van der Waals surface area contributed by atoms with E-state index in [1.54, 1.807) is 0 Å². The molecule has 20 heavy (non-hydrogen) atoms. The predicted octanol–water partition coefficient (Wildman–Crippen LogP) is 4.02. The first kappa shape index (κ1) is 15.4. The summed E-state index contributed by atoms with van der Waals surface area (Å²) in [6.45, 7) is 6.00. The highest BCUT2D eigenvalue weighted by atomic mass is 15.1. The van der Waals surface area contributed by atoms with Crippen molar-refractivity contribution < 1.29 is 0 Å². The van der Waals surface area contributed by atoms with Gasteiger partial charge in [0.2, 0.25) is 0 Å². The molecule has 0 saturated carbocycles. The molecule has 0 radical (unpaired) electrons. The molecule has 0 bridgehead atoms. The summed E-state index contributed by atoms with van der Waals surface area (Å²) < 4.78 is 0. The summed E-state index contributed by atoms with van der Waals surface area (Å²) in [5, 5.41) is 0. The van der Waals surface area contributed by atoms with Gasteiger partial charge in [0, 0.05) is 18.3 Å². The van der Waals surface area contributed by atoms with Gasteiger partial charge in [-0.3, -0.25) is 0 Å². The van der Waals surface area contributed by atoms with Crippen LogP contribution in [0.3, 0.4) is 0 Å². The fraction of sp³-hybridized carbons (Fsp3) is 0.765. The monoisotopic (exact) mass is 275 g/mol. The van der Waals surface area contributed by atoms with Crippen LogP contribution < -0.4 is 0 Å². The van der Waals surface area contributed by atoms with Gasteiger partial charge in [-0.1, -0.05) is 39.0 Å². The number of unbranched alkanes of at least 4 members (excludes halogenated alkanes) is 5. The van der Waals surface area contributed by atoms with Crippen LogP contribution >= 0.6 is 0 Å². The van der Waals surface area contributed by atoms with Gasteiger partial charge < -0.3 is 4.90 Å². The third-order valence-electron chi connectivity index (χ3n) is 4.37. The first-order chi connectivity index (χ1) is 9.90. The average Bonchev–Trinajstić information content (AvgIpc) is 2.52. The molecule has 1 aromatic heterocycles. The van der Waals surface area contributed by atoms with Crippen LogP contribution in [0, 0.1) is 0 Å². The maximum Gasteiger partial charge on any atom is 0.131 e. The summed E-state index contributed by atoms with van der Waals surface area (Å²) in [6, 6.07) is 1.90. The second-order valence-corrected chi connectivity index (χ2v) is 5.99. The van der Waals surface area contributed by atoms with Crippen molar-refractivity contribution in [1.29, 1.82) is 0 Å². The molecule has 1 saturated heterocycles. The van der Waals surface area contributed by atoms with Crippen molar-refractivity contribution in [1.82, 2.24) is 14.9 Å². The Labute approximate surface area is 123 Å². The Balaban J connectivity index is 1.58. The van der Waals surface area contributed by atoms with E-state index in [-0.39, 0.29) is 0 Å². The van der Waals surface area contributed by atoms with Gasteiger partial charge in [-0.2, -0.15) is 0 Å². The van der Waals surface area contributed by atoms with Crippen molar-refractivity contribution in [2.75, 3.05) is 19.6 Å². The summed E-state index contributed by atoms with van der Waals surface area (Å²) in [5.74, 6) is 1.63. The Morgan fingerprint density at radius 2 is 1.65 bits per heavy atom. The molecule has 0 spiro atoms. The van der Waals surface area contributed by atoms with Gasteiger partial charge in [-0.05, 0) is 45.0 Å². The van der Waals surface area contributed by atoms with E-state index in [4.69, 9.17) is 0 Å². The zero-order valence-electron chi connectivity index (χ0n) is 12.9. The molecule has 1 fully saturated rings. The summed E-state index contributed by atoms with van der Waals surface area (Å²) in [6.07, 6.45) is 14.5. The van der Waals surface area contributed by atoms with Crippen molar-refractivity contribution in [3.63, 3.8) is 0 Å². The summed E-state index contributed by atoms with van der Waals surface area (Å²) >= 11 is 0. The number of hydrogen-bond donors (Lipinski definition) is 0. The fourth-order valence-electron chi connectivity index (χ4n) is 3.05. The van der Waals surface area contributed by atoms with E-state index in [0.717, 1.165) is 5.82 Å². The number of nitrogens with zero attached hydrogens (tertiary/aromatic N) is 3. The maximum atomic E-state index is 4.40. The molecule has 0 amide bonds. The minimum absolute atomic E-state index is 0.581. The van der Waals surface area contributed by atoms with E-state index in [9.17, 15) is 0 Å². The van der Waals surface area contributed by atoms with Crippen molar-refractivity contribution in [2.24, 2.45) is 0 Å². The van der Waals surface area contributed by atoms with Crippen LogP contribution in [0.5, 0.6) is 0 Å². The predicted molar refractivity (Wildman–Crippen MR) is 83.8 cm³/mol. The van der Waals surface area contributed by atoms with E-state index in [0.29, 0.717) is 5.92 Å². The van der Waals surface area contributed by atoms with Gasteiger partial charge in [0.15, 0.2) is 0 Å². The lowest BCUT2D eigenvalue weighted by atomic mass is 9.95. The van der Waals surface area contributed by atoms with E-state index >= 15 is 0 Å². The molecule has 3 nitrogen and oxygen atoms in total. The van der Waals surface area contributed by atoms with Crippen LogP contribution in [0.25, 0.3) is 0 Å². The summed E-state index contributed by atoms with van der Waals surface area (Å²) in [7, 11) is 0. The highest BCUT2D eigenvalue weighted by Gasteiger charge is 2.21. The quantitative estimate of drug-likeness (QED) is 0.671. The molecule has 2 rings (SSSR count). The highest BCUT2D eigenvalue weighted by Crippen LogP contribution is 2.25. The van der Waals surface area contributed by atoms with Gasteiger partial charge in [-0.25, -0.2) is 9.97 Å². The Kier molecular flexibility index (Phi) is 6.99. The Bertz CT molecular complexity index is 345. The SMILES string of the molecule is CCCCCCCCN1CCC(c2ncccn2)CC1. The van der Waals surface area contributed by atoms with Crippen LogP contribution in [0.15, 0.2) is 18.5 Å². The zero-order valence-corrected chi connectivity index (χ0v) is 12.9. The smallest absolute Gasteiger partial charge is 0.131 e. The molecular formula is C17H29N3. The lowest BCUT2D eigenvalue weighted by molar-refractivity contribution is 0.205. The molecule has 0 N–H and O–H groups in total. The number of likely N-dealkylation sites (tertiary alicyclic amines) is 1. The van der Waals surface area contributed by atoms with Crippen molar-refractivity contribution in [2.45, 2.75) is 64.2 Å². The van der Waals surface area contributed by atoms with Gasteiger partial charge >= 0.3 is 0 Å². The Morgan fingerprint density at radius 1 is 1.00 bits per heavy atom. The molecule has 0 aliphatic carbocycles. The fourth-order valence-corrected chi connectivity index (χ4v) is 3.05. The standard InChI is InChI=1S/C17H29N3/c1-2-3-4-5-6-7-13-20-14-9-16(10-15-20)17-18-11-8-12-19-17/h8,11-12,16H,2-7,9-10,13-15H2,1H3. The van der Waals surface area contributed by atoms with E-state index < -0.39 is 0 Å². The van der Waals surface area contributed by atoms with Gasteiger partial charge in [-0.15, -0.1) is 0 Å². The van der Waals surface area contributed by atoms with Crippen LogP contribution in [0.4, 0.5) is 0 Å². The third-order valence-corrected chi connectivity index (χ3v) is 4.37. The largest absolute Gasteiger partial charge is 0.303 e. The maximum absolute atomic E-state index is 4.40. The second kappa shape index (κ2) is 9.06. The van der Waals surface area contributed by atoms with Crippen LogP contribution in [0.2, 0.25) is 0 Å². The molecule has 0 aromatic carbocycles. The molecule has 112 valence electrons. The minimum Gasteiger partial charge on any atom is -0.303 e. The molecule has 1 aliphatic heterocycles. The molecule has 1 aliphatic rings. The lowest BCUT2D eigenvalue weighted by Gasteiger charge is -2.31. The number of piperidine rings is 1. The first-order valence-electron chi connectivity index (χ1n) is 8.39. The summed E-state index contributed by atoms with van der Waals surface area (Å²) in [5.41, 5.74) is 0. The van der Waals surface area contributed by atoms with Gasteiger partial charge in [0.1, 0.15) is 5.82 Å². The van der Waals surface area contributed by atoms with Crippen LogP contribution in [-0.2, 0) is 0 Å². The van der Waals surface area contributed by atoms with Gasteiger partial charge in [0.25, 0.3) is 0 Å². The van der Waals surface area contributed by atoms with Crippen LogP contribution in [-0.4, -0.2) is 34.5 Å².